The van der Waals surface area contributed by atoms with Crippen molar-refractivity contribution in [3.63, 3.8) is 0 Å². The zero-order chi connectivity index (χ0) is 20.4. The monoisotopic (exact) mass is 409 g/mol. The van der Waals surface area contributed by atoms with Gasteiger partial charge in [0.2, 0.25) is 17.7 Å². The van der Waals surface area contributed by atoms with Crippen LogP contribution in [0.1, 0.15) is 31.7 Å². The summed E-state index contributed by atoms with van der Waals surface area (Å²) in [4.78, 5) is 14.7. The number of H-pyrrole nitrogens is 1. The average Bonchev–Trinajstić information content (AvgIpc) is 3.35. The topological polar surface area (TPSA) is 70.8 Å². The standard InChI is InChI=1S/C22H24ClN5O/c1-14(2)28(3)22-24-18-12-9-16(13-19(18)25-22)21-26-20(29-27-21)6-4-5-15-7-10-17(23)11-8-15/h7-14H,4-6H2,1-3H3,(H,24,25). The lowest BCUT2D eigenvalue weighted by atomic mass is 10.1. The molecule has 0 bridgehead atoms. The molecule has 29 heavy (non-hydrogen) atoms. The average molecular weight is 410 g/mol. The van der Waals surface area contributed by atoms with Gasteiger partial charge >= 0.3 is 0 Å². The molecule has 150 valence electrons. The normalized spacial score (nSPS) is 11.5. The molecule has 0 amide bonds. The van der Waals surface area contributed by atoms with Crippen molar-refractivity contribution in [2.45, 2.75) is 39.2 Å². The van der Waals surface area contributed by atoms with Crippen LogP contribution in [0, 0.1) is 0 Å². The number of fused-ring (bicyclic) bond motifs is 1. The van der Waals surface area contributed by atoms with E-state index in [9.17, 15) is 0 Å². The van der Waals surface area contributed by atoms with Gasteiger partial charge in [-0.1, -0.05) is 28.9 Å². The van der Waals surface area contributed by atoms with Crippen LogP contribution in [0.2, 0.25) is 5.02 Å². The highest BCUT2D eigenvalue weighted by atomic mass is 35.5. The highest BCUT2D eigenvalue weighted by Crippen LogP contribution is 2.24. The van der Waals surface area contributed by atoms with E-state index < -0.39 is 0 Å². The minimum absolute atomic E-state index is 0.364. The fraction of sp³-hybridized carbons (Fsp3) is 0.318. The second-order valence-corrected chi connectivity index (χ2v) is 7.93. The molecular weight excluding hydrogens is 386 g/mol. The van der Waals surface area contributed by atoms with Crippen molar-refractivity contribution in [3.8, 4) is 11.4 Å². The number of hydrogen-bond acceptors (Lipinski definition) is 5. The largest absolute Gasteiger partial charge is 0.343 e. The van der Waals surface area contributed by atoms with Gasteiger partial charge < -0.3 is 14.4 Å². The van der Waals surface area contributed by atoms with E-state index in [1.54, 1.807) is 0 Å². The smallest absolute Gasteiger partial charge is 0.226 e. The lowest BCUT2D eigenvalue weighted by Crippen LogP contribution is -2.26. The lowest BCUT2D eigenvalue weighted by molar-refractivity contribution is 0.376. The van der Waals surface area contributed by atoms with Crippen LogP contribution in [-0.4, -0.2) is 33.2 Å². The van der Waals surface area contributed by atoms with Crippen LogP contribution in [-0.2, 0) is 12.8 Å². The SMILES string of the molecule is CC(C)N(C)c1nc2ccc(-c3noc(CCCc4ccc(Cl)cc4)n3)cc2[nH]1. The van der Waals surface area contributed by atoms with Gasteiger partial charge in [0.1, 0.15) is 0 Å². The number of rotatable bonds is 7. The number of hydrogen-bond donors (Lipinski definition) is 1. The molecule has 6 nitrogen and oxygen atoms in total. The van der Waals surface area contributed by atoms with Crippen molar-refractivity contribution >= 4 is 28.6 Å². The molecule has 7 heteroatoms. The summed E-state index contributed by atoms with van der Waals surface area (Å²) in [5.74, 6) is 2.10. The number of nitrogens with zero attached hydrogens (tertiary/aromatic N) is 4. The molecule has 0 saturated carbocycles. The third kappa shape index (κ3) is 4.43. The van der Waals surface area contributed by atoms with E-state index >= 15 is 0 Å². The predicted octanol–water partition coefficient (Wildman–Crippen LogP) is 5.29. The van der Waals surface area contributed by atoms with Gasteiger partial charge in [-0.15, -0.1) is 0 Å². The Bertz CT molecular complexity index is 1100. The van der Waals surface area contributed by atoms with Crippen molar-refractivity contribution in [1.82, 2.24) is 20.1 Å². The molecule has 0 radical (unpaired) electrons. The van der Waals surface area contributed by atoms with E-state index in [4.69, 9.17) is 16.1 Å². The zero-order valence-corrected chi connectivity index (χ0v) is 17.6. The Labute approximate surface area is 174 Å². The summed E-state index contributed by atoms with van der Waals surface area (Å²) < 4.78 is 5.45. The van der Waals surface area contributed by atoms with Gasteiger partial charge in [0.15, 0.2) is 0 Å². The Morgan fingerprint density at radius 1 is 1.07 bits per heavy atom. The summed E-state index contributed by atoms with van der Waals surface area (Å²) in [6.45, 7) is 4.26. The van der Waals surface area contributed by atoms with Crippen LogP contribution in [0.15, 0.2) is 47.0 Å². The number of imidazole rings is 1. The third-order valence-electron chi connectivity index (χ3n) is 5.07. The van der Waals surface area contributed by atoms with E-state index in [0.717, 1.165) is 46.8 Å². The van der Waals surface area contributed by atoms with E-state index in [-0.39, 0.29) is 0 Å². The number of benzene rings is 2. The van der Waals surface area contributed by atoms with E-state index in [0.29, 0.717) is 17.8 Å². The predicted molar refractivity (Wildman–Crippen MR) is 116 cm³/mol. The minimum atomic E-state index is 0.364. The van der Waals surface area contributed by atoms with Crippen LogP contribution in [0.3, 0.4) is 0 Å². The number of halogens is 1. The second kappa shape index (κ2) is 8.25. The molecule has 4 aromatic rings. The van der Waals surface area contributed by atoms with Crippen molar-refractivity contribution in [1.29, 1.82) is 0 Å². The van der Waals surface area contributed by atoms with Gasteiger partial charge in [0, 0.05) is 30.1 Å². The Hall–Kier alpha value is -2.86. The molecule has 0 spiro atoms. The van der Waals surface area contributed by atoms with Crippen LogP contribution < -0.4 is 4.90 Å². The summed E-state index contributed by atoms with van der Waals surface area (Å²) in [6.07, 6.45) is 2.63. The molecule has 2 aromatic heterocycles. The summed E-state index contributed by atoms with van der Waals surface area (Å²) >= 11 is 5.93. The maximum Gasteiger partial charge on any atom is 0.226 e. The van der Waals surface area contributed by atoms with Crippen molar-refractivity contribution < 1.29 is 4.52 Å². The van der Waals surface area contributed by atoms with Gasteiger partial charge in [-0.25, -0.2) is 4.98 Å². The van der Waals surface area contributed by atoms with Crippen LogP contribution in [0.25, 0.3) is 22.4 Å². The van der Waals surface area contributed by atoms with E-state index in [2.05, 4.69) is 38.9 Å². The van der Waals surface area contributed by atoms with Crippen LogP contribution in [0.4, 0.5) is 5.95 Å². The summed E-state index contributed by atoms with van der Waals surface area (Å²) in [5, 5.41) is 4.91. The fourth-order valence-corrected chi connectivity index (χ4v) is 3.24. The Balaban J connectivity index is 1.44. The number of aryl methyl sites for hydroxylation is 2. The number of aromatic amines is 1. The number of aromatic nitrogens is 4. The molecule has 0 aliphatic carbocycles. The maximum absolute atomic E-state index is 5.93. The van der Waals surface area contributed by atoms with E-state index in [1.807, 2.05) is 49.5 Å². The first-order chi connectivity index (χ1) is 14.0. The van der Waals surface area contributed by atoms with Crippen molar-refractivity contribution in [2.24, 2.45) is 0 Å². The van der Waals surface area contributed by atoms with Gasteiger partial charge in [-0.3, -0.25) is 0 Å². The van der Waals surface area contributed by atoms with Gasteiger partial charge in [-0.2, -0.15) is 4.98 Å². The van der Waals surface area contributed by atoms with Crippen molar-refractivity contribution in [3.05, 3.63) is 58.9 Å². The van der Waals surface area contributed by atoms with Crippen LogP contribution >= 0.6 is 11.6 Å². The van der Waals surface area contributed by atoms with Crippen molar-refractivity contribution in [2.75, 3.05) is 11.9 Å². The highest BCUT2D eigenvalue weighted by molar-refractivity contribution is 6.30. The first-order valence-electron chi connectivity index (χ1n) is 9.79. The first kappa shape index (κ1) is 19.5. The number of nitrogens with one attached hydrogen (secondary N) is 1. The fourth-order valence-electron chi connectivity index (χ4n) is 3.12. The maximum atomic E-state index is 5.93. The molecule has 4 rings (SSSR count). The van der Waals surface area contributed by atoms with Gasteiger partial charge in [-0.05, 0) is 62.6 Å². The quantitative estimate of drug-likeness (QED) is 0.449. The van der Waals surface area contributed by atoms with Gasteiger partial charge in [0.05, 0.1) is 11.0 Å². The Morgan fingerprint density at radius 2 is 1.86 bits per heavy atom. The Morgan fingerprint density at radius 3 is 2.62 bits per heavy atom. The highest BCUT2D eigenvalue weighted by Gasteiger charge is 2.13. The molecule has 0 fully saturated rings. The van der Waals surface area contributed by atoms with Gasteiger partial charge in [0.25, 0.3) is 0 Å². The molecule has 2 heterocycles. The number of anilines is 1. The van der Waals surface area contributed by atoms with E-state index in [1.165, 1.54) is 5.56 Å². The third-order valence-corrected chi connectivity index (χ3v) is 5.33. The Kier molecular flexibility index (Phi) is 5.53. The molecule has 0 atom stereocenters. The zero-order valence-electron chi connectivity index (χ0n) is 16.8. The first-order valence-corrected chi connectivity index (χ1v) is 10.2. The lowest BCUT2D eigenvalue weighted by Gasteiger charge is -2.19. The second-order valence-electron chi connectivity index (χ2n) is 7.49. The molecule has 0 aliphatic heterocycles. The minimum Gasteiger partial charge on any atom is -0.343 e. The summed E-state index contributed by atoms with van der Waals surface area (Å²) in [7, 11) is 2.03. The molecule has 0 aliphatic rings. The molecular formula is C22H24ClN5O. The molecule has 0 unspecified atom stereocenters. The molecule has 1 N–H and O–H groups in total. The summed E-state index contributed by atoms with van der Waals surface area (Å²) in [5.41, 5.74) is 4.04. The molecule has 2 aromatic carbocycles. The molecule has 0 saturated heterocycles. The summed E-state index contributed by atoms with van der Waals surface area (Å²) in [6, 6.07) is 14.3. The van der Waals surface area contributed by atoms with Crippen LogP contribution in [0.5, 0.6) is 0 Å².